The average Bonchev–Trinajstić information content (AvgIpc) is 2.25. The Hall–Kier alpha value is -1.29. The van der Waals surface area contributed by atoms with Crippen LogP contribution in [0.1, 0.15) is 12.6 Å². The quantitative estimate of drug-likeness (QED) is 0.615. The van der Waals surface area contributed by atoms with Gasteiger partial charge in [0.1, 0.15) is 17.5 Å². The fourth-order valence-electron chi connectivity index (χ4n) is 1.36. The van der Waals surface area contributed by atoms with Crippen LogP contribution in [0, 0.1) is 0 Å². The largest absolute Gasteiger partial charge is 0.493 e. The van der Waals surface area contributed by atoms with E-state index in [-0.39, 0.29) is 12.0 Å². The number of nitrogens with zero attached hydrogens (tertiary/aromatic N) is 1. The topological polar surface area (TPSA) is 54.4 Å². The van der Waals surface area contributed by atoms with E-state index in [9.17, 15) is 0 Å². The molecule has 0 aromatic carbocycles. The van der Waals surface area contributed by atoms with E-state index in [0.717, 1.165) is 18.0 Å². The first-order chi connectivity index (χ1) is 6.25. The van der Waals surface area contributed by atoms with Gasteiger partial charge in [-0.15, -0.1) is 0 Å². The highest BCUT2D eigenvalue weighted by molar-refractivity contribution is 5.31. The molecule has 0 bridgehead atoms. The molecule has 0 fully saturated rings. The van der Waals surface area contributed by atoms with Crippen molar-refractivity contribution in [3.8, 4) is 11.6 Å². The Morgan fingerprint density at radius 1 is 1.62 bits per heavy atom. The maximum absolute atomic E-state index is 9.15. The van der Waals surface area contributed by atoms with Crippen LogP contribution in [0.25, 0.3) is 0 Å². The molecule has 0 radical (unpaired) electrons. The second-order valence-electron chi connectivity index (χ2n) is 3.17. The minimum absolute atomic E-state index is 0.0405. The lowest BCUT2D eigenvalue weighted by Crippen LogP contribution is -2.25. The van der Waals surface area contributed by atoms with Crippen LogP contribution in [0.2, 0.25) is 0 Å². The van der Waals surface area contributed by atoms with Gasteiger partial charge in [-0.2, -0.15) is 0 Å². The molecule has 1 aliphatic rings. The average molecular weight is 180 g/mol. The van der Waals surface area contributed by atoms with Crippen LogP contribution in [0.5, 0.6) is 11.6 Å². The summed E-state index contributed by atoms with van der Waals surface area (Å²) in [5, 5.41) is 12.3. The van der Waals surface area contributed by atoms with Crippen LogP contribution >= 0.6 is 0 Å². The second-order valence-corrected chi connectivity index (χ2v) is 3.17. The SMILES string of the molecule is C[C@@H]1CNCc2nc(O)ccc2O1. The predicted molar refractivity (Wildman–Crippen MR) is 47.7 cm³/mol. The Kier molecular flexibility index (Phi) is 2.06. The first-order valence-electron chi connectivity index (χ1n) is 4.32. The number of nitrogens with one attached hydrogen (secondary N) is 1. The molecule has 0 amide bonds. The monoisotopic (exact) mass is 180 g/mol. The number of aromatic hydroxyl groups is 1. The lowest BCUT2D eigenvalue weighted by Gasteiger charge is -2.10. The summed E-state index contributed by atoms with van der Waals surface area (Å²) in [7, 11) is 0. The van der Waals surface area contributed by atoms with E-state index in [1.54, 1.807) is 6.07 Å². The van der Waals surface area contributed by atoms with E-state index in [1.165, 1.54) is 6.07 Å². The number of rotatable bonds is 0. The molecular weight excluding hydrogens is 168 g/mol. The molecule has 0 unspecified atom stereocenters. The normalized spacial score (nSPS) is 21.5. The molecule has 13 heavy (non-hydrogen) atoms. The third-order valence-electron chi connectivity index (χ3n) is 1.97. The van der Waals surface area contributed by atoms with Crippen molar-refractivity contribution >= 4 is 0 Å². The zero-order valence-corrected chi connectivity index (χ0v) is 7.45. The molecule has 2 rings (SSSR count). The lowest BCUT2D eigenvalue weighted by molar-refractivity contribution is 0.225. The van der Waals surface area contributed by atoms with Crippen LogP contribution in [0.3, 0.4) is 0 Å². The summed E-state index contributed by atoms with van der Waals surface area (Å²) in [6.07, 6.45) is 0.146. The van der Waals surface area contributed by atoms with Gasteiger partial charge in [-0.05, 0) is 13.0 Å². The molecule has 1 aliphatic heterocycles. The van der Waals surface area contributed by atoms with Gasteiger partial charge >= 0.3 is 0 Å². The first-order valence-corrected chi connectivity index (χ1v) is 4.32. The summed E-state index contributed by atoms with van der Waals surface area (Å²) < 4.78 is 5.58. The van der Waals surface area contributed by atoms with Gasteiger partial charge in [0.05, 0.1) is 0 Å². The fraction of sp³-hybridized carbons (Fsp3) is 0.444. The number of fused-ring (bicyclic) bond motifs is 1. The number of pyridine rings is 1. The standard InChI is InChI=1S/C9H12N2O2/c1-6-4-10-5-7-8(13-6)2-3-9(12)11-7/h2-3,6,10H,4-5H2,1H3,(H,11,12)/t6-/m1/s1. The minimum Gasteiger partial charge on any atom is -0.493 e. The van der Waals surface area contributed by atoms with E-state index >= 15 is 0 Å². The predicted octanol–water partition coefficient (Wildman–Crippen LogP) is 0.658. The fourth-order valence-corrected chi connectivity index (χ4v) is 1.36. The molecule has 0 spiro atoms. The summed E-state index contributed by atoms with van der Waals surface area (Å²) in [5.41, 5.74) is 0.768. The molecule has 1 aromatic heterocycles. The Bertz CT molecular complexity index is 314. The third kappa shape index (κ3) is 1.72. The number of aromatic nitrogens is 1. The van der Waals surface area contributed by atoms with E-state index in [0.29, 0.717) is 6.54 Å². The summed E-state index contributed by atoms with van der Waals surface area (Å²) >= 11 is 0. The molecule has 2 heterocycles. The summed E-state index contributed by atoms with van der Waals surface area (Å²) in [4.78, 5) is 3.98. The third-order valence-corrected chi connectivity index (χ3v) is 1.97. The van der Waals surface area contributed by atoms with Gasteiger partial charge in [0.2, 0.25) is 5.88 Å². The van der Waals surface area contributed by atoms with Crippen molar-refractivity contribution in [3.05, 3.63) is 17.8 Å². The van der Waals surface area contributed by atoms with Crippen molar-refractivity contribution in [2.75, 3.05) is 6.54 Å². The Morgan fingerprint density at radius 2 is 2.46 bits per heavy atom. The maximum Gasteiger partial charge on any atom is 0.211 e. The van der Waals surface area contributed by atoms with Crippen molar-refractivity contribution in [2.45, 2.75) is 19.6 Å². The van der Waals surface area contributed by atoms with E-state index in [4.69, 9.17) is 9.84 Å². The van der Waals surface area contributed by atoms with Crippen LogP contribution in [0.4, 0.5) is 0 Å². The van der Waals surface area contributed by atoms with Gasteiger partial charge in [0.25, 0.3) is 0 Å². The molecule has 0 saturated heterocycles. The van der Waals surface area contributed by atoms with Gasteiger partial charge in [-0.25, -0.2) is 4.98 Å². The van der Waals surface area contributed by atoms with Crippen LogP contribution in [-0.4, -0.2) is 22.7 Å². The van der Waals surface area contributed by atoms with Gasteiger partial charge in [-0.1, -0.05) is 0 Å². The van der Waals surface area contributed by atoms with Gasteiger partial charge in [0, 0.05) is 19.2 Å². The van der Waals surface area contributed by atoms with Gasteiger partial charge < -0.3 is 15.2 Å². The van der Waals surface area contributed by atoms with Gasteiger partial charge in [-0.3, -0.25) is 0 Å². The van der Waals surface area contributed by atoms with Crippen LogP contribution < -0.4 is 10.1 Å². The Labute approximate surface area is 76.6 Å². The molecule has 4 nitrogen and oxygen atoms in total. The molecule has 0 aliphatic carbocycles. The zero-order valence-electron chi connectivity index (χ0n) is 7.45. The lowest BCUT2D eigenvalue weighted by atomic mass is 10.3. The Balaban J connectivity index is 2.34. The molecular formula is C9H12N2O2. The zero-order chi connectivity index (χ0) is 9.26. The van der Waals surface area contributed by atoms with Crippen molar-refractivity contribution in [1.29, 1.82) is 0 Å². The highest BCUT2D eigenvalue weighted by atomic mass is 16.5. The van der Waals surface area contributed by atoms with E-state index in [2.05, 4.69) is 10.3 Å². The molecule has 4 heteroatoms. The van der Waals surface area contributed by atoms with Crippen LogP contribution in [0.15, 0.2) is 12.1 Å². The minimum atomic E-state index is 0.0405. The highest BCUT2D eigenvalue weighted by Gasteiger charge is 2.14. The Morgan fingerprint density at radius 3 is 3.31 bits per heavy atom. The summed E-state index contributed by atoms with van der Waals surface area (Å²) in [6, 6.07) is 3.29. The van der Waals surface area contributed by atoms with Crippen molar-refractivity contribution < 1.29 is 9.84 Å². The van der Waals surface area contributed by atoms with E-state index in [1.807, 2.05) is 6.92 Å². The maximum atomic E-state index is 9.15. The molecule has 70 valence electrons. The van der Waals surface area contributed by atoms with Crippen molar-refractivity contribution in [3.63, 3.8) is 0 Å². The smallest absolute Gasteiger partial charge is 0.211 e. The van der Waals surface area contributed by atoms with Crippen molar-refractivity contribution in [2.24, 2.45) is 0 Å². The molecule has 2 N–H and O–H groups in total. The summed E-state index contributed by atoms with van der Waals surface area (Å²) in [6.45, 7) is 3.44. The highest BCUT2D eigenvalue weighted by Crippen LogP contribution is 2.22. The molecule has 1 atom stereocenters. The number of hydrogen-bond donors (Lipinski definition) is 2. The first kappa shape index (κ1) is 8.31. The van der Waals surface area contributed by atoms with Crippen molar-refractivity contribution in [1.82, 2.24) is 10.3 Å². The molecule has 0 saturated carbocycles. The number of ether oxygens (including phenoxy) is 1. The summed E-state index contributed by atoms with van der Waals surface area (Å²) in [5.74, 6) is 0.800. The van der Waals surface area contributed by atoms with Crippen LogP contribution in [-0.2, 0) is 6.54 Å². The van der Waals surface area contributed by atoms with E-state index < -0.39 is 0 Å². The number of hydrogen-bond acceptors (Lipinski definition) is 4. The second kappa shape index (κ2) is 3.22. The van der Waals surface area contributed by atoms with Gasteiger partial charge in [0.15, 0.2) is 0 Å². The molecule has 1 aromatic rings.